The second-order valence-electron chi connectivity index (χ2n) is 2.79. The van der Waals surface area contributed by atoms with Crippen molar-refractivity contribution in [2.45, 2.75) is 12.1 Å². The van der Waals surface area contributed by atoms with Gasteiger partial charge in [-0.2, -0.15) is 0 Å². The average molecular weight is 137 g/mol. The monoisotopic (exact) mass is 137 g/mol. The molecule has 3 N–H and O–H groups in total. The van der Waals surface area contributed by atoms with Gasteiger partial charge in [0.2, 0.25) is 0 Å². The van der Waals surface area contributed by atoms with E-state index >= 15 is 0 Å². The van der Waals surface area contributed by atoms with Gasteiger partial charge in [-0.25, -0.2) is 0 Å². The lowest BCUT2D eigenvalue weighted by atomic mass is 10.1. The molecule has 0 saturated heterocycles. The molecule has 0 spiro atoms. The first-order valence-electron chi connectivity index (χ1n) is 3.41. The van der Waals surface area contributed by atoms with E-state index in [1.807, 2.05) is 13.2 Å². The molecule has 0 aromatic rings. The van der Waals surface area contributed by atoms with Crippen LogP contribution in [0.2, 0.25) is 0 Å². The Labute approximate surface area is 60.2 Å². The molecule has 3 nitrogen and oxygen atoms in total. The molecule has 0 amide bonds. The minimum atomic E-state index is 0.361. The Bertz CT molecular complexity index is 207. The molecule has 0 fully saturated rings. The smallest absolute Gasteiger partial charge is 0.0929 e. The van der Waals surface area contributed by atoms with Crippen LogP contribution in [0.5, 0.6) is 0 Å². The Hall–Kier alpha value is -1.12. The van der Waals surface area contributed by atoms with E-state index in [4.69, 9.17) is 5.73 Å². The molecule has 10 heavy (non-hydrogen) atoms. The summed E-state index contributed by atoms with van der Waals surface area (Å²) < 4.78 is 0. The Balaban J connectivity index is 2.25. The Morgan fingerprint density at radius 2 is 2.50 bits per heavy atom. The van der Waals surface area contributed by atoms with Gasteiger partial charge in [0.1, 0.15) is 0 Å². The van der Waals surface area contributed by atoms with Crippen molar-refractivity contribution in [2.75, 3.05) is 7.05 Å². The van der Waals surface area contributed by atoms with Crippen LogP contribution in [-0.4, -0.2) is 24.0 Å². The van der Waals surface area contributed by atoms with Gasteiger partial charge in [-0.3, -0.25) is 0 Å². The molecule has 0 aromatic carbocycles. The average Bonchev–Trinajstić information content (AvgIpc) is 2.40. The first kappa shape index (κ1) is 5.65. The Morgan fingerprint density at radius 1 is 1.70 bits per heavy atom. The van der Waals surface area contributed by atoms with Crippen LogP contribution in [-0.2, 0) is 0 Å². The van der Waals surface area contributed by atoms with E-state index in [1.54, 1.807) is 0 Å². The number of hydrogen-bond donors (Lipinski definition) is 2. The van der Waals surface area contributed by atoms with Crippen LogP contribution in [0.25, 0.3) is 0 Å². The lowest BCUT2D eigenvalue weighted by Crippen LogP contribution is -2.36. The van der Waals surface area contributed by atoms with Crippen LogP contribution < -0.4 is 11.1 Å². The third kappa shape index (κ3) is 0.546. The van der Waals surface area contributed by atoms with E-state index in [-0.39, 0.29) is 0 Å². The van der Waals surface area contributed by atoms with Gasteiger partial charge in [0.25, 0.3) is 0 Å². The lowest BCUT2D eigenvalue weighted by molar-refractivity contribution is 0.378. The molecule has 2 atom stereocenters. The van der Waals surface area contributed by atoms with Crippen LogP contribution in [0.15, 0.2) is 24.2 Å². The van der Waals surface area contributed by atoms with Crippen molar-refractivity contribution < 1.29 is 0 Å². The van der Waals surface area contributed by atoms with E-state index in [0.717, 1.165) is 5.70 Å². The summed E-state index contributed by atoms with van der Waals surface area (Å²) in [7, 11) is 2.04. The maximum Gasteiger partial charge on any atom is 0.0929 e. The van der Waals surface area contributed by atoms with Crippen LogP contribution in [0.3, 0.4) is 0 Å². The SMILES string of the molecule is CN1C=CC2NC=C(N)C21. The third-order valence-electron chi connectivity index (χ3n) is 2.09. The van der Waals surface area contributed by atoms with Crippen molar-refractivity contribution in [1.29, 1.82) is 0 Å². The minimum absolute atomic E-state index is 0.361. The largest absolute Gasteiger partial charge is 0.399 e. The summed E-state index contributed by atoms with van der Waals surface area (Å²) >= 11 is 0. The van der Waals surface area contributed by atoms with E-state index in [0.29, 0.717) is 12.1 Å². The molecule has 0 radical (unpaired) electrons. The lowest BCUT2D eigenvalue weighted by Gasteiger charge is -2.20. The molecule has 2 rings (SSSR count). The zero-order valence-corrected chi connectivity index (χ0v) is 5.91. The predicted octanol–water partition coefficient (Wildman–Crippen LogP) is -0.414. The van der Waals surface area contributed by atoms with Gasteiger partial charge < -0.3 is 16.0 Å². The number of nitrogens with one attached hydrogen (secondary N) is 1. The highest BCUT2D eigenvalue weighted by atomic mass is 15.2. The maximum atomic E-state index is 5.73. The quantitative estimate of drug-likeness (QED) is 0.476. The highest BCUT2D eigenvalue weighted by Gasteiger charge is 2.32. The first-order chi connectivity index (χ1) is 4.79. The number of likely N-dealkylation sites (N-methyl/N-ethyl adjacent to an activating group) is 1. The third-order valence-corrected chi connectivity index (χ3v) is 2.09. The molecule has 0 aromatic heterocycles. The van der Waals surface area contributed by atoms with Gasteiger partial charge in [0.15, 0.2) is 0 Å². The van der Waals surface area contributed by atoms with Crippen molar-refractivity contribution >= 4 is 0 Å². The standard InChI is InChI=1S/C7H11N3/c1-10-3-2-6-7(10)5(8)4-9-6/h2-4,6-7,9H,8H2,1H3. The second-order valence-corrected chi connectivity index (χ2v) is 2.79. The van der Waals surface area contributed by atoms with Gasteiger partial charge in [0.05, 0.1) is 12.1 Å². The van der Waals surface area contributed by atoms with E-state index in [9.17, 15) is 0 Å². The van der Waals surface area contributed by atoms with E-state index in [1.165, 1.54) is 0 Å². The molecule has 0 aliphatic carbocycles. The molecule has 2 heterocycles. The molecule has 2 unspecified atom stereocenters. The molecular formula is C7H11N3. The zero-order valence-electron chi connectivity index (χ0n) is 5.91. The van der Waals surface area contributed by atoms with E-state index in [2.05, 4.69) is 22.5 Å². The summed E-state index contributed by atoms with van der Waals surface area (Å²) in [6.07, 6.45) is 6.07. The van der Waals surface area contributed by atoms with Crippen LogP contribution in [0.4, 0.5) is 0 Å². The Kier molecular flexibility index (Phi) is 0.952. The minimum Gasteiger partial charge on any atom is -0.399 e. The van der Waals surface area contributed by atoms with Crippen LogP contribution >= 0.6 is 0 Å². The first-order valence-corrected chi connectivity index (χ1v) is 3.41. The highest BCUT2D eigenvalue weighted by Crippen LogP contribution is 2.21. The fraction of sp³-hybridized carbons (Fsp3) is 0.429. The van der Waals surface area contributed by atoms with Crippen molar-refractivity contribution in [1.82, 2.24) is 10.2 Å². The summed E-state index contributed by atoms with van der Waals surface area (Å²) in [6.45, 7) is 0. The van der Waals surface area contributed by atoms with Crippen molar-refractivity contribution in [2.24, 2.45) is 5.73 Å². The topological polar surface area (TPSA) is 41.3 Å². The van der Waals surface area contributed by atoms with Crippen molar-refractivity contribution in [3.8, 4) is 0 Å². The van der Waals surface area contributed by atoms with Gasteiger partial charge >= 0.3 is 0 Å². The summed E-state index contributed by atoms with van der Waals surface area (Å²) in [6, 6.07) is 0.769. The molecule has 0 saturated carbocycles. The van der Waals surface area contributed by atoms with Crippen molar-refractivity contribution in [3.63, 3.8) is 0 Å². The highest BCUT2D eigenvalue weighted by molar-refractivity contribution is 5.27. The number of rotatable bonds is 0. The number of nitrogens with zero attached hydrogens (tertiary/aromatic N) is 1. The maximum absolute atomic E-state index is 5.73. The molecule has 0 bridgehead atoms. The molecule has 54 valence electrons. The number of fused-ring (bicyclic) bond motifs is 1. The van der Waals surface area contributed by atoms with Crippen LogP contribution in [0, 0.1) is 0 Å². The normalized spacial score (nSPS) is 35.7. The fourth-order valence-electron chi connectivity index (χ4n) is 1.55. The number of hydrogen-bond acceptors (Lipinski definition) is 3. The second kappa shape index (κ2) is 1.68. The van der Waals surface area contributed by atoms with Gasteiger partial charge in [-0.1, -0.05) is 0 Å². The Morgan fingerprint density at radius 3 is 3.20 bits per heavy atom. The number of nitrogens with two attached hydrogens (primary N) is 1. The summed E-state index contributed by atoms with van der Waals surface area (Å²) in [5.74, 6) is 0. The summed E-state index contributed by atoms with van der Waals surface area (Å²) in [5.41, 5.74) is 6.66. The van der Waals surface area contributed by atoms with Crippen LogP contribution in [0.1, 0.15) is 0 Å². The molecule has 3 heteroatoms. The van der Waals surface area contributed by atoms with Gasteiger partial charge in [-0.05, 0) is 12.3 Å². The molecule has 2 aliphatic heterocycles. The van der Waals surface area contributed by atoms with E-state index < -0.39 is 0 Å². The van der Waals surface area contributed by atoms with Gasteiger partial charge in [0, 0.05) is 18.9 Å². The molecule has 2 aliphatic rings. The summed E-state index contributed by atoms with van der Waals surface area (Å²) in [4.78, 5) is 2.12. The van der Waals surface area contributed by atoms with Crippen molar-refractivity contribution in [3.05, 3.63) is 24.2 Å². The van der Waals surface area contributed by atoms with Gasteiger partial charge in [-0.15, -0.1) is 0 Å². The zero-order chi connectivity index (χ0) is 7.14. The molecular weight excluding hydrogens is 126 g/mol. The summed E-state index contributed by atoms with van der Waals surface area (Å²) in [5, 5.41) is 3.18. The fourth-order valence-corrected chi connectivity index (χ4v) is 1.55. The predicted molar refractivity (Wildman–Crippen MR) is 39.9 cm³/mol.